The molecule has 0 spiro atoms. The summed E-state index contributed by atoms with van der Waals surface area (Å²) in [6.07, 6.45) is -4.82. The lowest BCUT2D eigenvalue weighted by molar-refractivity contribution is -0.138. The van der Waals surface area contributed by atoms with Gasteiger partial charge in [0.15, 0.2) is 0 Å². The maximum absolute atomic E-state index is 13.4. The zero-order valence-electron chi connectivity index (χ0n) is 9.49. The molecule has 0 N–H and O–H groups in total. The summed E-state index contributed by atoms with van der Waals surface area (Å²) >= 11 is 2.95. The SMILES string of the molecule is COC(=O)c1c(C(F)(F)F)cc(F)c(C)c1CBr. The molecular weight excluding hydrogens is 320 g/mol. The van der Waals surface area contributed by atoms with E-state index in [9.17, 15) is 22.4 Å². The average molecular weight is 329 g/mol. The second-order valence-corrected chi connectivity index (χ2v) is 4.07. The number of halogens is 5. The van der Waals surface area contributed by atoms with E-state index in [2.05, 4.69) is 20.7 Å². The van der Waals surface area contributed by atoms with Gasteiger partial charge in [0.05, 0.1) is 18.2 Å². The standard InChI is InChI=1S/C11H9BrF4O2/c1-5-6(4-12)9(10(17)18-2)7(3-8(5)13)11(14,15)16/h3H,4H2,1-2H3. The van der Waals surface area contributed by atoms with E-state index in [4.69, 9.17) is 0 Å². The molecular formula is C11H9BrF4O2. The molecule has 0 atom stereocenters. The van der Waals surface area contributed by atoms with Crippen LogP contribution in [0, 0.1) is 12.7 Å². The van der Waals surface area contributed by atoms with Crippen molar-refractivity contribution in [3.05, 3.63) is 34.1 Å². The monoisotopic (exact) mass is 328 g/mol. The predicted molar refractivity (Wildman–Crippen MR) is 60.1 cm³/mol. The Morgan fingerprint density at radius 3 is 2.39 bits per heavy atom. The number of methoxy groups -OCH3 is 1. The van der Waals surface area contributed by atoms with Crippen molar-refractivity contribution in [1.82, 2.24) is 0 Å². The first kappa shape index (κ1) is 14.9. The largest absolute Gasteiger partial charge is 0.465 e. The highest BCUT2D eigenvalue weighted by atomic mass is 79.9. The van der Waals surface area contributed by atoms with Crippen LogP contribution in [0.3, 0.4) is 0 Å². The van der Waals surface area contributed by atoms with Crippen molar-refractivity contribution < 1.29 is 27.1 Å². The van der Waals surface area contributed by atoms with Gasteiger partial charge in [0.2, 0.25) is 0 Å². The lowest BCUT2D eigenvalue weighted by atomic mass is 9.96. The molecule has 100 valence electrons. The van der Waals surface area contributed by atoms with Gasteiger partial charge < -0.3 is 4.74 Å². The van der Waals surface area contributed by atoms with Crippen molar-refractivity contribution in [2.24, 2.45) is 0 Å². The van der Waals surface area contributed by atoms with Gasteiger partial charge in [-0.05, 0) is 24.1 Å². The Kier molecular flexibility index (Phi) is 4.37. The van der Waals surface area contributed by atoms with E-state index >= 15 is 0 Å². The Morgan fingerprint density at radius 1 is 1.44 bits per heavy atom. The third-order valence-corrected chi connectivity index (χ3v) is 3.04. The number of rotatable bonds is 2. The number of esters is 1. The van der Waals surface area contributed by atoms with E-state index in [1.165, 1.54) is 6.92 Å². The number of alkyl halides is 4. The van der Waals surface area contributed by atoms with Crippen LogP contribution in [0.1, 0.15) is 27.0 Å². The number of ether oxygens (including phenoxy) is 1. The molecule has 2 nitrogen and oxygen atoms in total. The van der Waals surface area contributed by atoms with Crippen LogP contribution < -0.4 is 0 Å². The van der Waals surface area contributed by atoms with Crippen molar-refractivity contribution >= 4 is 21.9 Å². The minimum absolute atomic E-state index is 0.0136. The first-order valence-corrected chi connectivity index (χ1v) is 5.89. The van der Waals surface area contributed by atoms with Crippen LogP contribution in [0.4, 0.5) is 17.6 Å². The second kappa shape index (κ2) is 5.26. The van der Waals surface area contributed by atoms with Gasteiger partial charge in [-0.3, -0.25) is 0 Å². The first-order chi connectivity index (χ1) is 8.23. The number of carbonyl (C=O) groups is 1. The van der Waals surface area contributed by atoms with E-state index in [0.717, 1.165) is 7.11 Å². The highest BCUT2D eigenvalue weighted by Gasteiger charge is 2.38. The molecule has 0 aromatic heterocycles. The van der Waals surface area contributed by atoms with Gasteiger partial charge in [-0.15, -0.1) is 0 Å². The molecule has 0 bridgehead atoms. The minimum atomic E-state index is -4.82. The van der Waals surface area contributed by atoms with Crippen LogP contribution in [0.2, 0.25) is 0 Å². The number of hydrogen-bond donors (Lipinski definition) is 0. The molecule has 0 radical (unpaired) electrons. The van der Waals surface area contributed by atoms with E-state index in [-0.39, 0.29) is 16.5 Å². The average Bonchev–Trinajstić information content (AvgIpc) is 2.29. The fraction of sp³-hybridized carbons (Fsp3) is 0.364. The highest BCUT2D eigenvalue weighted by Crippen LogP contribution is 2.36. The second-order valence-electron chi connectivity index (χ2n) is 3.51. The summed E-state index contributed by atoms with van der Waals surface area (Å²) in [5.41, 5.74) is -2.05. The molecule has 0 heterocycles. The van der Waals surface area contributed by atoms with Crippen molar-refractivity contribution in [2.75, 3.05) is 7.11 Å². The Labute approximate surface area is 109 Å². The molecule has 0 unspecified atom stereocenters. The smallest absolute Gasteiger partial charge is 0.417 e. The number of carbonyl (C=O) groups excluding carboxylic acids is 1. The summed E-state index contributed by atoms with van der Waals surface area (Å²) in [6.45, 7) is 1.30. The van der Waals surface area contributed by atoms with Crippen LogP contribution in [0.15, 0.2) is 6.07 Å². The fourth-order valence-electron chi connectivity index (χ4n) is 1.53. The molecule has 18 heavy (non-hydrogen) atoms. The topological polar surface area (TPSA) is 26.3 Å². The van der Waals surface area contributed by atoms with E-state index in [1.54, 1.807) is 0 Å². The molecule has 7 heteroatoms. The highest BCUT2D eigenvalue weighted by molar-refractivity contribution is 9.08. The van der Waals surface area contributed by atoms with Crippen LogP contribution in [-0.2, 0) is 16.2 Å². The Morgan fingerprint density at radius 2 is 2.00 bits per heavy atom. The Hall–Kier alpha value is -1.11. The lowest BCUT2D eigenvalue weighted by Crippen LogP contribution is -2.18. The summed E-state index contributed by atoms with van der Waals surface area (Å²) in [5, 5.41) is -0.0793. The Bertz CT molecular complexity index is 483. The number of benzene rings is 1. The van der Waals surface area contributed by atoms with Gasteiger partial charge in [0, 0.05) is 5.33 Å². The van der Waals surface area contributed by atoms with Gasteiger partial charge in [0.25, 0.3) is 0 Å². The van der Waals surface area contributed by atoms with Gasteiger partial charge in [-0.25, -0.2) is 9.18 Å². The predicted octanol–water partition coefficient (Wildman–Crippen LogP) is 3.83. The van der Waals surface area contributed by atoms with E-state index in [1.807, 2.05) is 0 Å². The van der Waals surface area contributed by atoms with E-state index < -0.39 is 29.1 Å². The fourth-order valence-corrected chi connectivity index (χ4v) is 2.23. The molecule has 0 fully saturated rings. The number of hydrogen-bond acceptors (Lipinski definition) is 2. The maximum atomic E-state index is 13.4. The quantitative estimate of drug-likeness (QED) is 0.468. The van der Waals surface area contributed by atoms with Gasteiger partial charge >= 0.3 is 12.1 Å². The van der Waals surface area contributed by atoms with Gasteiger partial charge in [-0.1, -0.05) is 15.9 Å². The third kappa shape index (κ3) is 2.66. The molecule has 0 aliphatic carbocycles. The molecule has 1 aromatic carbocycles. The summed E-state index contributed by atoms with van der Waals surface area (Å²) in [4.78, 5) is 11.5. The third-order valence-electron chi connectivity index (χ3n) is 2.48. The van der Waals surface area contributed by atoms with Gasteiger partial charge in [-0.2, -0.15) is 13.2 Å². The molecule has 1 rings (SSSR count). The summed E-state index contributed by atoms with van der Waals surface area (Å²) in [6, 6.07) is 0.313. The van der Waals surface area contributed by atoms with Crippen LogP contribution in [-0.4, -0.2) is 13.1 Å². The van der Waals surface area contributed by atoms with E-state index in [0.29, 0.717) is 6.07 Å². The zero-order chi connectivity index (χ0) is 14.1. The van der Waals surface area contributed by atoms with Crippen LogP contribution in [0.25, 0.3) is 0 Å². The van der Waals surface area contributed by atoms with Gasteiger partial charge in [0.1, 0.15) is 5.82 Å². The normalized spacial score (nSPS) is 11.5. The molecule has 1 aromatic rings. The summed E-state index contributed by atoms with van der Waals surface area (Å²) < 4.78 is 56.1. The van der Waals surface area contributed by atoms with Crippen molar-refractivity contribution in [3.63, 3.8) is 0 Å². The van der Waals surface area contributed by atoms with Crippen LogP contribution >= 0.6 is 15.9 Å². The Balaban J connectivity index is 3.70. The molecule has 0 aliphatic rings. The summed E-state index contributed by atoms with van der Waals surface area (Å²) in [7, 11) is 0.971. The summed E-state index contributed by atoms with van der Waals surface area (Å²) in [5.74, 6) is -2.15. The lowest BCUT2D eigenvalue weighted by Gasteiger charge is -2.17. The van der Waals surface area contributed by atoms with Crippen molar-refractivity contribution in [3.8, 4) is 0 Å². The van der Waals surface area contributed by atoms with Crippen molar-refractivity contribution in [1.29, 1.82) is 0 Å². The molecule has 0 aliphatic heterocycles. The van der Waals surface area contributed by atoms with Crippen molar-refractivity contribution in [2.45, 2.75) is 18.4 Å². The maximum Gasteiger partial charge on any atom is 0.417 e. The zero-order valence-corrected chi connectivity index (χ0v) is 11.1. The minimum Gasteiger partial charge on any atom is -0.465 e. The van der Waals surface area contributed by atoms with Crippen LogP contribution in [0.5, 0.6) is 0 Å². The first-order valence-electron chi connectivity index (χ1n) is 4.77. The molecule has 0 amide bonds. The molecule has 0 saturated carbocycles. The molecule has 0 saturated heterocycles.